The SMILES string of the molecule is COc1cc(OCc2nc(N3CCN(C)CC3)sc2C)c2cc(-c3nc4sc(OC)nc4s3)oc2c1. The largest absolute Gasteiger partial charge is 0.496 e. The number of hydrogen-bond donors (Lipinski definition) is 0. The second kappa shape index (κ2) is 9.51. The Balaban J connectivity index is 1.27. The van der Waals surface area contributed by atoms with Crippen LogP contribution in [0.3, 0.4) is 0 Å². The fourth-order valence-corrected chi connectivity index (χ4v) is 6.84. The van der Waals surface area contributed by atoms with Gasteiger partial charge in [0.1, 0.15) is 23.7 Å². The van der Waals surface area contributed by atoms with Crippen molar-refractivity contribution in [3.8, 4) is 27.5 Å². The Morgan fingerprint density at radius 3 is 2.50 bits per heavy atom. The number of aromatic nitrogens is 3. The molecule has 0 saturated carbocycles. The first-order chi connectivity index (χ1) is 17.5. The molecule has 36 heavy (non-hydrogen) atoms. The predicted molar refractivity (Wildman–Crippen MR) is 144 cm³/mol. The Hall–Kier alpha value is -2.93. The lowest BCUT2D eigenvalue weighted by atomic mass is 10.2. The summed E-state index contributed by atoms with van der Waals surface area (Å²) in [6.45, 7) is 6.56. The third-order valence-electron chi connectivity index (χ3n) is 6.17. The van der Waals surface area contributed by atoms with Gasteiger partial charge in [-0.25, -0.2) is 9.97 Å². The molecule has 0 spiro atoms. The highest BCUT2D eigenvalue weighted by Crippen LogP contribution is 2.41. The molecule has 1 saturated heterocycles. The molecule has 1 aliphatic rings. The van der Waals surface area contributed by atoms with Crippen LogP contribution >= 0.6 is 34.0 Å². The minimum Gasteiger partial charge on any atom is -0.496 e. The molecule has 4 aromatic heterocycles. The molecule has 0 atom stereocenters. The highest BCUT2D eigenvalue weighted by atomic mass is 32.1. The van der Waals surface area contributed by atoms with Crippen molar-refractivity contribution in [2.75, 3.05) is 52.3 Å². The minimum absolute atomic E-state index is 0.371. The molecule has 1 fully saturated rings. The molecule has 1 aliphatic heterocycles. The van der Waals surface area contributed by atoms with Crippen molar-refractivity contribution >= 4 is 59.8 Å². The van der Waals surface area contributed by atoms with Crippen molar-refractivity contribution in [3.05, 3.63) is 28.8 Å². The molecule has 5 aromatic rings. The van der Waals surface area contributed by atoms with E-state index in [1.54, 1.807) is 25.6 Å². The van der Waals surface area contributed by atoms with Crippen molar-refractivity contribution < 1.29 is 18.6 Å². The van der Waals surface area contributed by atoms with Gasteiger partial charge in [-0.2, -0.15) is 4.98 Å². The third kappa shape index (κ3) is 4.38. The zero-order chi connectivity index (χ0) is 24.8. The van der Waals surface area contributed by atoms with Crippen LogP contribution < -0.4 is 19.1 Å². The van der Waals surface area contributed by atoms with E-state index in [2.05, 4.69) is 33.7 Å². The number of hydrogen-bond acceptors (Lipinski definition) is 12. The Morgan fingerprint density at radius 2 is 1.75 bits per heavy atom. The van der Waals surface area contributed by atoms with E-state index in [0.29, 0.717) is 34.6 Å². The fraction of sp³-hybridized carbons (Fsp3) is 0.375. The lowest BCUT2D eigenvalue weighted by Crippen LogP contribution is -2.44. The molecule has 0 radical (unpaired) electrons. The maximum Gasteiger partial charge on any atom is 0.276 e. The van der Waals surface area contributed by atoms with Crippen LogP contribution in [0.2, 0.25) is 0 Å². The van der Waals surface area contributed by atoms with Gasteiger partial charge in [0.15, 0.2) is 25.6 Å². The van der Waals surface area contributed by atoms with E-state index in [-0.39, 0.29) is 0 Å². The quantitative estimate of drug-likeness (QED) is 0.272. The van der Waals surface area contributed by atoms with Crippen molar-refractivity contribution in [1.82, 2.24) is 19.9 Å². The van der Waals surface area contributed by atoms with E-state index in [0.717, 1.165) is 57.1 Å². The highest BCUT2D eigenvalue weighted by molar-refractivity contribution is 7.28. The van der Waals surface area contributed by atoms with Crippen LogP contribution in [0.4, 0.5) is 5.13 Å². The summed E-state index contributed by atoms with van der Waals surface area (Å²) in [6.07, 6.45) is 0. The summed E-state index contributed by atoms with van der Waals surface area (Å²) in [5.74, 6) is 2.02. The van der Waals surface area contributed by atoms with Gasteiger partial charge in [0, 0.05) is 43.2 Å². The first-order valence-electron chi connectivity index (χ1n) is 11.5. The summed E-state index contributed by atoms with van der Waals surface area (Å²) in [5, 5.41) is 3.30. The maximum atomic E-state index is 6.30. The van der Waals surface area contributed by atoms with Gasteiger partial charge in [-0.15, -0.1) is 11.3 Å². The number of anilines is 1. The second-order valence-corrected chi connectivity index (χ2v) is 11.6. The van der Waals surface area contributed by atoms with E-state index >= 15 is 0 Å². The van der Waals surface area contributed by atoms with Crippen molar-refractivity contribution in [3.63, 3.8) is 0 Å². The molecule has 12 heteroatoms. The van der Waals surface area contributed by atoms with Gasteiger partial charge in [0.2, 0.25) is 0 Å². The fourth-order valence-electron chi connectivity index (χ4n) is 4.07. The second-order valence-electron chi connectivity index (χ2n) is 8.54. The molecule has 6 rings (SSSR count). The molecule has 188 valence electrons. The van der Waals surface area contributed by atoms with Gasteiger partial charge in [0.25, 0.3) is 5.19 Å². The standard InChI is InChI=1S/C24H25N5O4S3/c1-13-16(25-23(34-13)29-7-5-28(2)6-8-29)12-32-17-9-14(30-3)10-18-15(17)11-19(33-18)20-26-21-22(35-20)27-24(31-4)36-21/h9-11H,5-8,12H2,1-4H3. The third-order valence-corrected chi connectivity index (χ3v) is 9.25. The minimum atomic E-state index is 0.371. The zero-order valence-electron chi connectivity index (χ0n) is 20.4. The number of benzene rings is 1. The smallest absolute Gasteiger partial charge is 0.276 e. The average molecular weight is 544 g/mol. The van der Waals surface area contributed by atoms with Gasteiger partial charge in [-0.3, -0.25) is 0 Å². The molecule has 0 N–H and O–H groups in total. The van der Waals surface area contributed by atoms with E-state index < -0.39 is 0 Å². The van der Waals surface area contributed by atoms with Crippen molar-refractivity contribution in [2.45, 2.75) is 13.5 Å². The molecule has 5 heterocycles. The highest BCUT2D eigenvalue weighted by Gasteiger charge is 2.21. The normalized spacial score (nSPS) is 14.7. The number of likely N-dealkylation sites (N-methyl/N-ethyl adjacent to an activating group) is 1. The Kier molecular flexibility index (Phi) is 6.20. The van der Waals surface area contributed by atoms with Crippen molar-refractivity contribution in [2.24, 2.45) is 0 Å². The number of nitrogens with zero attached hydrogens (tertiary/aromatic N) is 5. The van der Waals surface area contributed by atoms with Crippen LogP contribution in [-0.2, 0) is 6.61 Å². The van der Waals surface area contributed by atoms with Gasteiger partial charge in [0.05, 0.1) is 25.3 Å². The number of thiazole rings is 3. The number of aryl methyl sites for hydroxylation is 1. The van der Waals surface area contributed by atoms with Gasteiger partial charge in [-0.05, 0) is 20.0 Å². The molecular weight excluding hydrogens is 518 g/mol. The zero-order valence-corrected chi connectivity index (χ0v) is 22.8. The summed E-state index contributed by atoms with van der Waals surface area (Å²) in [6, 6.07) is 5.72. The first kappa shape index (κ1) is 23.5. The summed E-state index contributed by atoms with van der Waals surface area (Å²) >= 11 is 4.62. The number of ether oxygens (including phenoxy) is 3. The molecule has 1 aromatic carbocycles. The molecule has 0 unspecified atom stereocenters. The van der Waals surface area contributed by atoms with Crippen LogP contribution in [0, 0.1) is 6.92 Å². The molecule has 0 amide bonds. The van der Waals surface area contributed by atoms with E-state index in [1.165, 1.54) is 27.6 Å². The van der Waals surface area contributed by atoms with Crippen LogP contribution in [0.15, 0.2) is 22.6 Å². The molecular formula is C24H25N5O4S3. The van der Waals surface area contributed by atoms with Gasteiger partial charge in [-0.1, -0.05) is 22.7 Å². The van der Waals surface area contributed by atoms with Gasteiger partial charge >= 0.3 is 0 Å². The first-order valence-corrected chi connectivity index (χ1v) is 13.9. The van der Waals surface area contributed by atoms with Crippen LogP contribution in [0.5, 0.6) is 16.7 Å². The van der Waals surface area contributed by atoms with E-state index in [4.69, 9.17) is 23.6 Å². The van der Waals surface area contributed by atoms with Crippen molar-refractivity contribution in [1.29, 1.82) is 0 Å². The number of piperazine rings is 1. The summed E-state index contributed by atoms with van der Waals surface area (Å²) in [7, 11) is 5.40. The molecule has 0 aliphatic carbocycles. The van der Waals surface area contributed by atoms with Crippen LogP contribution in [-0.4, -0.2) is 67.3 Å². The van der Waals surface area contributed by atoms with Crippen LogP contribution in [0.1, 0.15) is 10.6 Å². The van der Waals surface area contributed by atoms with Gasteiger partial charge < -0.3 is 28.4 Å². The summed E-state index contributed by atoms with van der Waals surface area (Å²) < 4.78 is 23.2. The topological polar surface area (TPSA) is 86.0 Å². The Morgan fingerprint density at radius 1 is 0.944 bits per heavy atom. The number of methoxy groups -OCH3 is 2. The maximum absolute atomic E-state index is 6.30. The number of fused-ring (bicyclic) bond motifs is 2. The van der Waals surface area contributed by atoms with Crippen LogP contribution in [0.25, 0.3) is 31.4 Å². The lowest BCUT2D eigenvalue weighted by Gasteiger charge is -2.32. The lowest BCUT2D eigenvalue weighted by molar-refractivity contribution is 0.301. The average Bonchev–Trinajstić information content (AvgIpc) is 3.64. The Bertz CT molecular complexity index is 1500. The molecule has 9 nitrogen and oxygen atoms in total. The summed E-state index contributed by atoms with van der Waals surface area (Å²) in [5.41, 5.74) is 1.63. The number of rotatable bonds is 7. The Labute approximate surface area is 219 Å². The number of furan rings is 1. The monoisotopic (exact) mass is 543 g/mol. The predicted octanol–water partition coefficient (Wildman–Crippen LogP) is 5.28. The van der Waals surface area contributed by atoms with E-state index in [9.17, 15) is 0 Å². The molecule has 0 bridgehead atoms. The van der Waals surface area contributed by atoms with E-state index in [1.807, 2.05) is 18.2 Å². The summed E-state index contributed by atoms with van der Waals surface area (Å²) in [4.78, 5) is 21.6.